The van der Waals surface area contributed by atoms with Crippen LogP contribution in [0.1, 0.15) is 26.8 Å². The van der Waals surface area contributed by atoms with E-state index in [1.54, 1.807) is 18.2 Å². The summed E-state index contributed by atoms with van der Waals surface area (Å²) in [5, 5.41) is 8.35. The molecule has 0 unspecified atom stereocenters. The largest absolute Gasteiger partial charge is 0.324 e. The highest BCUT2D eigenvalue weighted by Gasteiger charge is 2.17. The average molecular weight is 336 g/mol. The quantitative estimate of drug-likeness (QED) is 0.913. The van der Waals surface area contributed by atoms with Crippen LogP contribution in [0.2, 0.25) is 0 Å². The first-order valence-electron chi connectivity index (χ1n) is 7.60. The predicted octanol–water partition coefficient (Wildman–Crippen LogP) is 2.85. The number of anilines is 1. The number of rotatable bonds is 5. The molecule has 2 aromatic rings. The van der Waals surface area contributed by atoms with E-state index in [1.165, 1.54) is 0 Å². The third kappa shape index (κ3) is 4.31. The Hall–Kier alpha value is -1.89. The number of nitrogens with one attached hydrogen (secondary N) is 1. The van der Waals surface area contributed by atoms with E-state index in [9.17, 15) is 9.00 Å². The summed E-state index contributed by atoms with van der Waals surface area (Å²) in [5.41, 5.74) is 1.63. The van der Waals surface area contributed by atoms with E-state index < -0.39 is 10.8 Å². The summed E-state index contributed by atoms with van der Waals surface area (Å²) >= 11 is 0. The minimum atomic E-state index is -0.932. The molecule has 0 aliphatic carbocycles. The Morgan fingerprint density at radius 2 is 2.09 bits per heavy atom. The highest BCUT2D eigenvalue weighted by Crippen LogP contribution is 2.20. The van der Waals surface area contributed by atoms with E-state index in [0.29, 0.717) is 11.8 Å². The molecule has 0 bridgehead atoms. The molecule has 2 atom stereocenters. The highest BCUT2D eigenvalue weighted by atomic mass is 32.2. The van der Waals surface area contributed by atoms with Crippen molar-refractivity contribution in [2.45, 2.75) is 32.9 Å². The number of hydrogen-bond acceptors (Lipinski definition) is 3. The van der Waals surface area contributed by atoms with E-state index in [1.807, 2.05) is 36.0 Å². The SMILES string of the molecule is CC(C)n1cc2cc(NC(=O)N(C)[C@H](C)C[S@@](C)=O)ccc2n1. The Balaban J connectivity index is 2.11. The summed E-state index contributed by atoms with van der Waals surface area (Å²) in [6.45, 7) is 6.03. The highest BCUT2D eigenvalue weighted by molar-refractivity contribution is 7.84. The van der Waals surface area contributed by atoms with Gasteiger partial charge in [0.1, 0.15) is 0 Å². The lowest BCUT2D eigenvalue weighted by Crippen LogP contribution is -2.40. The molecule has 0 spiro atoms. The summed E-state index contributed by atoms with van der Waals surface area (Å²) in [6, 6.07) is 5.65. The van der Waals surface area contributed by atoms with Gasteiger partial charge in [0.05, 0.1) is 5.52 Å². The van der Waals surface area contributed by atoms with E-state index in [-0.39, 0.29) is 12.1 Å². The topological polar surface area (TPSA) is 67.2 Å². The van der Waals surface area contributed by atoms with Crippen molar-refractivity contribution in [3.8, 4) is 0 Å². The van der Waals surface area contributed by atoms with Crippen molar-refractivity contribution in [2.24, 2.45) is 0 Å². The second kappa shape index (κ2) is 7.12. The third-order valence-corrected chi connectivity index (χ3v) is 4.71. The Morgan fingerprint density at radius 1 is 1.39 bits per heavy atom. The molecule has 7 heteroatoms. The van der Waals surface area contributed by atoms with Crippen LogP contribution in [0.5, 0.6) is 0 Å². The first kappa shape index (κ1) is 17.5. The number of amides is 2. The van der Waals surface area contributed by atoms with Crippen molar-refractivity contribution < 1.29 is 9.00 Å². The second-order valence-electron chi connectivity index (χ2n) is 6.11. The lowest BCUT2D eigenvalue weighted by atomic mass is 10.2. The van der Waals surface area contributed by atoms with Crippen molar-refractivity contribution >= 4 is 33.4 Å². The maximum atomic E-state index is 12.3. The minimum absolute atomic E-state index is 0.0896. The molecule has 126 valence electrons. The molecule has 2 amide bonds. The van der Waals surface area contributed by atoms with E-state index in [4.69, 9.17) is 0 Å². The average Bonchev–Trinajstić information content (AvgIpc) is 2.89. The molecule has 0 radical (unpaired) electrons. The minimum Gasteiger partial charge on any atom is -0.324 e. The van der Waals surface area contributed by atoms with Crippen LogP contribution in [0.4, 0.5) is 10.5 Å². The zero-order valence-corrected chi connectivity index (χ0v) is 15.1. The van der Waals surface area contributed by atoms with Crippen molar-refractivity contribution in [3.05, 3.63) is 24.4 Å². The molecule has 23 heavy (non-hydrogen) atoms. The zero-order chi connectivity index (χ0) is 17.1. The van der Waals surface area contributed by atoms with Gasteiger partial charge in [-0.1, -0.05) is 0 Å². The van der Waals surface area contributed by atoms with Gasteiger partial charge in [0.25, 0.3) is 0 Å². The van der Waals surface area contributed by atoms with Crippen LogP contribution in [-0.2, 0) is 10.8 Å². The van der Waals surface area contributed by atoms with E-state index in [0.717, 1.165) is 16.6 Å². The maximum absolute atomic E-state index is 12.3. The van der Waals surface area contributed by atoms with Crippen LogP contribution in [-0.4, -0.2) is 50.0 Å². The number of aromatic nitrogens is 2. The van der Waals surface area contributed by atoms with Gasteiger partial charge in [-0.15, -0.1) is 0 Å². The van der Waals surface area contributed by atoms with Gasteiger partial charge < -0.3 is 10.2 Å². The number of hydrogen-bond donors (Lipinski definition) is 1. The number of nitrogens with zero attached hydrogens (tertiary/aromatic N) is 3. The lowest BCUT2D eigenvalue weighted by Gasteiger charge is -2.24. The number of carbonyl (C=O) groups is 1. The smallest absolute Gasteiger partial charge is 0.321 e. The third-order valence-electron chi connectivity index (χ3n) is 3.76. The summed E-state index contributed by atoms with van der Waals surface area (Å²) in [4.78, 5) is 13.9. The van der Waals surface area contributed by atoms with Gasteiger partial charge in [-0.3, -0.25) is 8.89 Å². The lowest BCUT2D eigenvalue weighted by molar-refractivity contribution is 0.212. The molecular weight excluding hydrogens is 312 g/mol. The van der Waals surface area contributed by atoms with Crippen molar-refractivity contribution in [3.63, 3.8) is 0 Å². The van der Waals surface area contributed by atoms with Crippen LogP contribution in [0.25, 0.3) is 10.9 Å². The van der Waals surface area contributed by atoms with Crippen LogP contribution in [0.15, 0.2) is 24.4 Å². The second-order valence-corrected chi connectivity index (χ2v) is 7.59. The molecule has 0 fully saturated rings. The molecule has 1 aromatic heterocycles. The number of fused-ring (bicyclic) bond motifs is 1. The van der Waals surface area contributed by atoms with Crippen LogP contribution >= 0.6 is 0 Å². The Kier molecular flexibility index (Phi) is 5.41. The summed E-state index contributed by atoms with van der Waals surface area (Å²) in [5.74, 6) is 0.462. The standard InChI is InChI=1S/C16H24N4O2S/c1-11(2)20-9-13-8-14(6-7-15(13)18-20)17-16(21)19(4)12(3)10-23(5)22/h6-9,11-12H,10H2,1-5H3,(H,17,21)/t12-,23-/m1/s1. The Morgan fingerprint density at radius 3 is 2.70 bits per heavy atom. The first-order valence-corrected chi connectivity index (χ1v) is 9.33. The van der Waals surface area contributed by atoms with Gasteiger partial charge in [-0.2, -0.15) is 5.10 Å². The Bertz CT molecular complexity index is 726. The summed E-state index contributed by atoms with van der Waals surface area (Å²) in [6.07, 6.45) is 3.62. The molecule has 0 saturated carbocycles. The molecule has 1 aromatic carbocycles. The van der Waals surface area contributed by atoms with Crippen LogP contribution in [0.3, 0.4) is 0 Å². The number of carbonyl (C=O) groups excluding carboxylic acids is 1. The molecule has 6 nitrogen and oxygen atoms in total. The normalized spacial score (nSPS) is 14.0. The molecular formula is C16H24N4O2S. The van der Waals surface area contributed by atoms with Crippen LogP contribution in [0, 0.1) is 0 Å². The molecule has 0 aliphatic rings. The van der Waals surface area contributed by atoms with Gasteiger partial charge in [-0.25, -0.2) is 4.79 Å². The fraction of sp³-hybridized carbons (Fsp3) is 0.500. The van der Waals surface area contributed by atoms with Crippen molar-refractivity contribution in [1.29, 1.82) is 0 Å². The molecule has 1 heterocycles. The van der Waals surface area contributed by atoms with E-state index >= 15 is 0 Å². The molecule has 0 aliphatic heterocycles. The number of benzene rings is 1. The first-order chi connectivity index (χ1) is 10.8. The van der Waals surface area contributed by atoms with E-state index in [2.05, 4.69) is 24.3 Å². The monoisotopic (exact) mass is 336 g/mol. The fourth-order valence-corrected chi connectivity index (χ4v) is 3.15. The maximum Gasteiger partial charge on any atom is 0.321 e. The summed E-state index contributed by atoms with van der Waals surface area (Å²) in [7, 11) is 0.778. The fourth-order valence-electron chi connectivity index (χ4n) is 2.25. The van der Waals surface area contributed by atoms with Gasteiger partial charge >= 0.3 is 6.03 Å². The van der Waals surface area contributed by atoms with Crippen LogP contribution < -0.4 is 5.32 Å². The van der Waals surface area contributed by atoms with Gasteiger partial charge in [0, 0.05) is 59.2 Å². The van der Waals surface area contributed by atoms with Crippen molar-refractivity contribution in [2.75, 3.05) is 24.4 Å². The predicted molar refractivity (Wildman–Crippen MR) is 95.3 cm³/mol. The van der Waals surface area contributed by atoms with Gasteiger partial charge in [0.15, 0.2) is 0 Å². The number of urea groups is 1. The summed E-state index contributed by atoms with van der Waals surface area (Å²) < 4.78 is 13.2. The van der Waals surface area contributed by atoms with Crippen molar-refractivity contribution in [1.82, 2.24) is 14.7 Å². The Labute approximate surface area is 139 Å². The molecule has 0 saturated heterocycles. The van der Waals surface area contributed by atoms with Gasteiger partial charge in [0.2, 0.25) is 0 Å². The molecule has 2 rings (SSSR count). The molecule has 1 N–H and O–H groups in total. The van der Waals surface area contributed by atoms with Gasteiger partial charge in [-0.05, 0) is 39.0 Å². The zero-order valence-electron chi connectivity index (χ0n) is 14.2.